The van der Waals surface area contributed by atoms with Crippen molar-refractivity contribution in [3.05, 3.63) is 46.8 Å². The normalized spacial score (nSPS) is 17.8. The Bertz CT molecular complexity index is 819. The van der Waals surface area contributed by atoms with E-state index in [1.807, 2.05) is 6.92 Å². The summed E-state index contributed by atoms with van der Waals surface area (Å²) in [5.74, 6) is -0.263. The molecular formula is C17H19NO4S2. The summed E-state index contributed by atoms with van der Waals surface area (Å²) in [4.78, 5) is 12.8. The van der Waals surface area contributed by atoms with Crippen LogP contribution in [0.1, 0.15) is 28.1 Å². The molecule has 2 aromatic rings. The number of rotatable bonds is 5. The highest BCUT2D eigenvalue weighted by Gasteiger charge is 2.22. The van der Waals surface area contributed by atoms with Crippen LogP contribution in [-0.2, 0) is 14.6 Å². The molecule has 1 aromatic heterocycles. The molecule has 24 heavy (non-hydrogen) atoms. The molecule has 1 amide bonds. The average Bonchev–Trinajstić information content (AvgIpc) is 3.25. The number of aryl methyl sites for hydroxylation is 1. The van der Waals surface area contributed by atoms with Crippen molar-refractivity contribution in [1.82, 2.24) is 5.32 Å². The molecule has 7 heteroatoms. The molecule has 3 rings (SSSR count). The first-order valence-electron chi connectivity index (χ1n) is 7.78. The van der Waals surface area contributed by atoms with E-state index in [9.17, 15) is 13.2 Å². The fourth-order valence-corrected chi connectivity index (χ4v) is 5.14. The van der Waals surface area contributed by atoms with Gasteiger partial charge in [-0.1, -0.05) is 17.7 Å². The van der Waals surface area contributed by atoms with E-state index in [1.54, 1.807) is 30.3 Å². The Kier molecular flexibility index (Phi) is 5.03. The molecule has 1 atom stereocenters. The van der Waals surface area contributed by atoms with Gasteiger partial charge in [0.05, 0.1) is 15.9 Å². The van der Waals surface area contributed by atoms with E-state index in [0.29, 0.717) is 11.4 Å². The minimum Gasteiger partial charge on any atom is -0.376 e. The smallest absolute Gasteiger partial charge is 0.261 e. The van der Waals surface area contributed by atoms with E-state index in [-0.39, 0.29) is 21.1 Å². The molecule has 1 saturated heterocycles. The standard InChI is InChI=1S/C17H19NO4S2/c1-12-4-6-14(7-5-12)24(20,21)16-9-8-15(23-16)17(19)18-11-13-3-2-10-22-13/h4-9,13H,2-3,10-11H2,1H3,(H,18,19)/t13-/m0/s1. The van der Waals surface area contributed by atoms with Crippen molar-refractivity contribution in [3.8, 4) is 0 Å². The van der Waals surface area contributed by atoms with E-state index in [4.69, 9.17) is 4.74 Å². The van der Waals surface area contributed by atoms with Crippen LogP contribution >= 0.6 is 11.3 Å². The molecule has 0 saturated carbocycles. The zero-order chi connectivity index (χ0) is 17.2. The van der Waals surface area contributed by atoms with Crippen LogP contribution in [0.25, 0.3) is 0 Å². The van der Waals surface area contributed by atoms with Crippen molar-refractivity contribution in [2.24, 2.45) is 0 Å². The maximum absolute atomic E-state index is 12.6. The number of carbonyl (C=O) groups excluding carboxylic acids is 1. The maximum atomic E-state index is 12.6. The molecule has 1 aliphatic rings. The number of nitrogens with one attached hydrogen (secondary N) is 1. The molecule has 128 valence electrons. The van der Waals surface area contributed by atoms with Crippen molar-refractivity contribution >= 4 is 27.1 Å². The Balaban J connectivity index is 1.72. The predicted molar refractivity (Wildman–Crippen MR) is 92.3 cm³/mol. The fraction of sp³-hybridized carbons (Fsp3) is 0.353. The quantitative estimate of drug-likeness (QED) is 0.884. The molecule has 1 N–H and O–H groups in total. The minimum atomic E-state index is -3.59. The van der Waals surface area contributed by atoms with Gasteiger partial charge in [0.1, 0.15) is 4.21 Å². The number of benzene rings is 1. The van der Waals surface area contributed by atoms with Crippen molar-refractivity contribution in [2.45, 2.75) is 35.0 Å². The van der Waals surface area contributed by atoms with E-state index in [1.165, 1.54) is 6.07 Å². The summed E-state index contributed by atoms with van der Waals surface area (Å²) in [6.07, 6.45) is 2.01. The number of sulfone groups is 1. The first kappa shape index (κ1) is 17.1. The number of ether oxygens (including phenoxy) is 1. The van der Waals surface area contributed by atoms with Crippen LogP contribution in [0.4, 0.5) is 0 Å². The molecule has 1 fully saturated rings. The lowest BCUT2D eigenvalue weighted by Gasteiger charge is -2.09. The van der Waals surface area contributed by atoms with Gasteiger partial charge in [0.25, 0.3) is 5.91 Å². The summed E-state index contributed by atoms with van der Waals surface area (Å²) in [7, 11) is -3.59. The van der Waals surface area contributed by atoms with Gasteiger partial charge in [-0.2, -0.15) is 0 Å². The van der Waals surface area contributed by atoms with E-state index >= 15 is 0 Å². The lowest BCUT2D eigenvalue weighted by atomic mass is 10.2. The summed E-state index contributed by atoms with van der Waals surface area (Å²) < 4.78 is 30.8. The number of hydrogen-bond donors (Lipinski definition) is 1. The summed E-state index contributed by atoms with van der Waals surface area (Å²) in [6.45, 7) is 3.09. The van der Waals surface area contributed by atoms with Gasteiger partial charge in [-0.25, -0.2) is 8.42 Å². The van der Waals surface area contributed by atoms with Crippen LogP contribution < -0.4 is 5.32 Å². The topological polar surface area (TPSA) is 72.5 Å². The molecule has 0 bridgehead atoms. The molecule has 0 radical (unpaired) electrons. The Hall–Kier alpha value is -1.70. The second kappa shape index (κ2) is 7.04. The second-order valence-corrected chi connectivity index (χ2v) is 9.04. The second-order valence-electron chi connectivity index (χ2n) is 5.78. The van der Waals surface area contributed by atoms with Gasteiger partial charge < -0.3 is 10.1 Å². The third-order valence-electron chi connectivity index (χ3n) is 3.92. The van der Waals surface area contributed by atoms with Crippen LogP contribution in [0, 0.1) is 6.92 Å². The predicted octanol–water partition coefficient (Wildman–Crippen LogP) is 2.80. The maximum Gasteiger partial charge on any atom is 0.261 e. The van der Waals surface area contributed by atoms with Gasteiger partial charge in [0.2, 0.25) is 9.84 Å². The molecule has 1 aliphatic heterocycles. The number of carbonyl (C=O) groups is 1. The SMILES string of the molecule is Cc1ccc(S(=O)(=O)c2ccc(C(=O)NC[C@@H]3CCCO3)s2)cc1. The first-order valence-corrected chi connectivity index (χ1v) is 10.1. The van der Waals surface area contributed by atoms with E-state index in [0.717, 1.165) is 36.3 Å². The van der Waals surface area contributed by atoms with Gasteiger partial charge in [0.15, 0.2) is 0 Å². The summed E-state index contributed by atoms with van der Waals surface area (Å²) in [5.41, 5.74) is 0.995. The Morgan fingerprint density at radius 3 is 2.67 bits per heavy atom. The van der Waals surface area contributed by atoms with Crippen LogP contribution in [-0.4, -0.2) is 33.6 Å². The van der Waals surface area contributed by atoms with Crippen LogP contribution in [0.15, 0.2) is 45.5 Å². The van der Waals surface area contributed by atoms with E-state index in [2.05, 4.69) is 5.32 Å². The Morgan fingerprint density at radius 1 is 1.25 bits per heavy atom. The van der Waals surface area contributed by atoms with Gasteiger partial charge >= 0.3 is 0 Å². The number of thiophene rings is 1. The molecule has 2 heterocycles. The zero-order valence-corrected chi connectivity index (χ0v) is 15.0. The average molecular weight is 365 g/mol. The van der Waals surface area contributed by atoms with Crippen LogP contribution in [0.3, 0.4) is 0 Å². The number of amides is 1. The first-order chi connectivity index (χ1) is 11.5. The van der Waals surface area contributed by atoms with Gasteiger partial charge in [-0.3, -0.25) is 4.79 Å². The summed E-state index contributed by atoms with van der Waals surface area (Å²) in [6, 6.07) is 9.73. The molecule has 0 aliphatic carbocycles. The van der Waals surface area contributed by atoms with Gasteiger partial charge in [0, 0.05) is 13.2 Å². The monoisotopic (exact) mass is 365 g/mol. The van der Waals surface area contributed by atoms with Crippen LogP contribution in [0.2, 0.25) is 0 Å². The minimum absolute atomic E-state index is 0.0599. The highest BCUT2D eigenvalue weighted by atomic mass is 32.2. The lowest BCUT2D eigenvalue weighted by Crippen LogP contribution is -2.31. The molecule has 5 nitrogen and oxygen atoms in total. The summed E-state index contributed by atoms with van der Waals surface area (Å²) >= 11 is 0.989. The molecular weight excluding hydrogens is 346 g/mol. The highest BCUT2D eigenvalue weighted by molar-refractivity contribution is 7.93. The van der Waals surface area contributed by atoms with Crippen molar-refractivity contribution in [1.29, 1.82) is 0 Å². The van der Waals surface area contributed by atoms with Crippen molar-refractivity contribution < 1.29 is 17.9 Å². The van der Waals surface area contributed by atoms with Crippen molar-refractivity contribution in [3.63, 3.8) is 0 Å². The van der Waals surface area contributed by atoms with E-state index < -0.39 is 9.84 Å². The third-order valence-corrected chi connectivity index (χ3v) is 7.26. The van der Waals surface area contributed by atoms with Crippen molar-refractivity contribution in [2.75, 3.05) is 13.2 Å². The van der Waals surface area contributed by atoms with Gasteiger partial charge in [-0.05, 0) is 44.0 Å². The van der Waals surface area contributed by atoms with Gasteiger partial charge in [-0.15, -0.1) is 11.3 Å². The molecule has 0 unspecified atom stereocenters. The Morgan fingerprint density at radius 2 is 2.00 bits per heavy atom. The number of hydrogen-bond acceptors (Lipinski definition) is 5. The summed E-state index contributed by atoms with van der Waals surface area (Å²) in [5, 5.41) is 2.80. The third kappa shape index (κ3) is 3.68. The molecule has 0 spiro atoms. The molecule has 1 aromatic carbocycles. The lowest BCUT2D eigenvalue weighted by molar-refractivity contribution is 0.0861. The Labute approximate surface area is 145 Å². The fourth-order valence-electron chi connectivity index (χ4n) is 2.52. The highest BCUT2D eigenvalue weighted by Crippen LogP contribution is 2.28. The van der Waals surface area contributed by atoms with Crippen LogP contribution in [0.5, 0.6) is 0 Å². The largest absolute Gasteiger partial charge is 0.376 e. The zero-order valence-electron chi connectivity index (χ0n) is 13.3.